The van der Waals surface area contributed by atoms with Crippen LogP contribution in [0.15, 0.2) is 47.1 Å². The summed E-state index contributed by atoms with van der Waals surface area (Å²) in [5.41, 5.74) is 1.38. The number of nitrogens with zero attached hydrogens (tertiary/aromatic N) is 2. The maximum atomic E-state index is 12.4. The molecule has 0 radical (unpaired) electrons. The molecule has 0 aliphatic heterocycles. The third-order valence-corrected chi connectivity index (χ3v) is 3.56. The van der Waals surface area contributed by atoms with Crippen molar-refractivity contribution >= 4 is 27.8 Å². The molecule has 0 saturated heterocycles. The summed E-state index contributed by atoms with van der Waals surface area (Å²) in [4.78, 5) is 24.7. The molecule has 21 heavy (non-hydrogen) atoms. The predicted octanol–water partition coefficient (Wildman–Crippen LogP) is 2.61. The van der Waals surface area contributed by atoms with Crippen molar-refractivity contribution in [1.29, 1.82) is 0 Å². The van der Waals surface area contributed by atoms with Gasteiger partial charge in [0.05, 0.1) is 0 Å². The number of halogens is 1. The van der Waals surface area contributed by atoms with E-state index < -0.39 is 5.97 Å². The maximum Gasteiger partial charge on any atom is 0.323 e. The van der Waals surface area contributed by atoms with Crippen LogP contribution in [0.3, 0.4) is 0 Å². The van der Waals surface area contributed by atoms with Crippen LogP contribution in [0.4, 0.5) is 0 Å². The molecule has 6 heteroatoms. The van der Waals surface area contributed by atoms with E-state index in [4.69, 9.17) is 5.11 Å². The van der Waals surface area contributed by atoms with Gasteiger partial charge in [-0.25, -0.2) is 0 Å². The van der Waals surface area contributed by atoms with Crippen molar-refractivity contribution in [3.8, 4) is 0 Å². The van der Waals surface area contributed by atoms with Crippen molar-refractivity contribution < 1.29 is 14.7 Å². The molecule has 0 aliphatic carbocycles. The number of hydrogen-bond donors (Lipinski definition) is 1. The SMILES string of the molecule is CN(Cc1ccc(Br)cc1)C(=O)c1cccn1CC(=O)O. The van der Waals surface area contributed by atoms with Gasteiger partial charge in [-0.3, -0.25) is 9.59 Å². The Kier molecular flexibility index (Phi) is 4.80. The Bertz CT molecular complexity index is 649. The zero-order valence-corrected chi connectivity index (χ0v) is 13.1. The molecule has 1 amide bonds. The van der Waals surface area contributed by atoms with Gasteiger partial charge in [-0.05, 0) is 29.8 Å². The van der Waals surface area contributed by atoms with Gasteiger partial charge in [0.15, 0.2) is 0 Å². The second kappa shape index (κ2) is 6.58. The zero-order valence-electron chi connectivity index (χ0n) is 11.5. The summed E-state index contributed by atoms with van der Waals surface area (Å²) >= 11 is 3.37. The molecule has 1 N–H and O–H groups in total. The highest BCUT2D eigenvalue weighted by Gasteiger charge is 2.16. The van der Waals surface area contributed by atoms with E-state index in [0.717, 1.165) is 10.0 Å². The van der Waals surface area contributed by atoms with Crippen molar-refractivity contribution in [2.75, 3.05) is 7.05 Å². The van der Waals surface area contributed by atoms with Crippen LogP contribution in [-0.2, 0) is 17.9 Å². The first-order chi connectivity index (χ1) is 9.97. The molecule has 0 fully saturated rings. The van der Waals surface area contributed by atoms with Gasteiger partial charge in [0.1, 0.15) is 12.2 Å². The monoisotopic (exact) mass is 350 g/mol. The van der Waals surface area contributed by atoms with Crippen LogP contribution in [0.2, 0.25) is 0 Å². The van der Waals surface area contributed by atoms with E-state index in [1.807, 2.05) is 24.3 Å². The van der Waals surface area contributed by atoms with Crippen LogP contribution in [0, 0.1) is 0 Å². The lowest BCUT2D eigenvalue weighted by atomic mass is 10.2. The zero-order chi connectivity index (χ0) is 15.4. The van der Waals surface area contributed by atoms with Crippen LogP contribution < -0.4 is 0 Å². The highest BCUT2D eigenvalue weighted by Crippen LogP contribution is 2.13. The van der Waals surface area contributed by atoms with Crippen molar-refractivity contribution in [2.24, 2.45) is 0 Å². The first-order valence-electron chi connectivity index (χ1n) is 6.34. The average Bonchev–Trinajstić information content (AvgIpc) is 2.87. The van der Waals surface area contributed by atoms with Gasteiger partial charge in [0.25, 0.3) is 5.91 Å². The number of amides is 1. The Hall–Kier alpha value is -2.08. The first kappa shape index (κ1) is 15.3. The largest absolute Gasteiger partial charge is 0.480 e. The number of carbonyl (C=O) groups excluding carboxylic acids is 1. The fraction of sp³-hybridized carbons (Fsp3) is 0.200. The lowest BCUT2D eigenvalue weighted by Crippen LogP contribution is -2.28. The Morgan fingerprint density at radius 3 is 2.52 bits per heavy atom. The number of carboxylic acid groups (broad SMARTS) is 1. The molecule has 0 unspecified atom stereocenters. The van der Waals surface area contributed by atoms with Crippen LogP contribution in [0.1, 0.15) is 16.1 Å². The Labute approximate surface area is 130 Å². The van der Waals surface area contributed by atoms with Gasteiger partial charge < -0.3 is 14.6 Å². The van der Waals surface area contributed by atoms with E-state index in [2.05, 4.69) is 15.9 Å². The Morgan fingerprint density at radius 1 is 1.24 bits per heavy atom. The first-order valence-corrected chi connectivity index (χ1v) is 7.13. The van der Waals surface area contributed by atoms with Crippen LogP contribution in [0.5, 0.6) is 0 Å². The van der Waals surface area contributed by atoms with E-state index in [1.165, 1.54) is 4.57 Å². The molecular formula is C15H15BrN2O3. The minimum absolute atomic E-state index is 0.204. The topological polar surface area (TPSA) is 62.5 Å². The van der Waals surface area contributed by atoms with Gasteiger partial charge in [-0.2, -0.15) is 0 Å². The minimum atomic E-state index is -0.976. The molecule has 0 aliphatic rings. The smallest absolute Gasteiger partial charge is 0.323 e. The quantitative estimate of drug-likeness (QED) is 0.901. The molecule has 1 heterocycles. The Balaban J connectivity index is 2.10. The molecule has 2 aromatic rings. The fourth-order valence-electron chi connectivity index (χ4n) is 2.02. The molecule has 0 atom stereocenters. The number of carbonyl (C=O) groups is 2. The molecular weight excluding hydrogens is 336 g/mol. The summed E-state index contributed by atoms with van der Waals surface area (Å²) in [6.07, 6.45) is 1.59. The summed E-state index contributed by atoms with van der Waals surface area (Å²) in [5, 5.41) is 8.84. The molecule has 0 spiro atoms. The summed E-state index contributed by atoms with van der Waals surface area (Å²) in [5.74, 6) is -1.18. The van der Waals surface area contributed by atoms with Crippen molar-refractivity contribution in [2.45, 2.75) is 13.1 Å². The number of rotatable bonds is 5. The number of carboxylic acids is 1. The lowest BCUT2D eigenvalue weighted by molar-refractivity contribution is -0.137. The van der Waals surface area contributed by atoms with E-state index in [-0.39, 0.29) is 12.5 Å². The number of hydrogen-bond acceptors (Lipinski definition) is 2. The van der Waals surface area contributed by atoms with Gasteiger partial charge in [0.2, 0.25) is 0 Å². The van der Waals surface area contributed by atoms with Gasteiger partial charge >= 0.3 is 5.97 Å². The van der Waals surface area contributed by atoms with E-state index in [9.17, 15) is 9.59 Å². The maximum absolute atomic E-state index is 12.4. The molecule has 5 nitrogen and oxygen atoms in total. The van der Waals surface area contributed by atoms with E-state index in [1.54, 1.807) is 30.3 Å². The average molecular weight is 351 g/mol. The van der Waals surface area contributed by atoms with E-state index >= 15 is 0 Å². The van der Waals surface area contributed by atoms with Crippen molar-refractivity contribution in [3.05, 3.63) is 58.3 Å². The van der Waals surface area contributed by atoms with Gasteiger partial charge in [-0.1, -0.05) is 28.1 Å². The molecule has 2 rings (SSSR count). The third kappa shape index (κ3) is 3.95. The van der Waals surface area contributed by atoms with Crippen LogP contribution >= 0.6 is 15.9 Å². The van der Waals surface area contributed by atoms with Gasteiger partial charge in [0, 0.05) is 24.3 Å². The summed E-state index contributed by atoms with van der Waals surface area (Å²) < 4.78 is 2.42. The molecule has 0 bridgehead atoms. The number of benzene rings is 1. The highest BCUT2D eigenvalue weighted by atomic mass is 79.9. The summed E-state index contributed by atoms with van der Waals surface area (Å²) in [6.45, 7) is 0.241. The van der Waals surface area contributed by atoms with E-state index in [0.29, 0.717) is 12.2 Å². The summed E-state index contributed by atoms with van der Waals surface area (Å²) in [7, 11) is 1.70. The van der Waals surface area contributed by atoms with Crippen LogP contribution in [-0.4, -0.2) is 33.5 Å². The van der Waals surface area contributed by atoms with Crippen molar-refractivity contribution in [3.63, 3.8) is 0 Å². The molecule has 110 valence electrons. The second-order valence-corrected chi connectivity index (χ2v) is 5.62. The standard InChI is InChI=1S/C15H15BrN2O3/c1-17(9-11-4-6-12(16)7-5-11)15(21)13-3-2-8-18(13)10-14(19)20/h2-8H,9-10H2,1H3,(H,19,20). The highest BCUT2D eigenvalue weighted by molar-refractivity contribution is 9.10. The Morgan fingerprint density at radius 2 is 1.90 bits per heavy atom. The third-order valence-electron chi connectivity index (χ3n) is 3.03. The number of aliphatic carboxylic acids is 1. The normalized spacial score (nSPS) is 10.4. The number of aromatic nitrogens is 1. The molecule has 0 saturated carbocycles. The van der Waals surface area contributed by atoms with Crippen LogP contribution in [0.25, 0.3) is 0 Å². The lowest BCUT2D eigenvalue weighted by Gasteiger charge is -2.18. The fourth-order valence-corrected chi connectivity index (χ4v) is 2.29. The summed E-state index contributed by atoms with van der Waals surface area (Å²) in [6, 6.07) is 11.0. The molecule has 1 aromatic heterocycles. The predicted molar refractivity (Wildman–Crippen MR) is 82.0 cm³/mol. The minimum Gasteiger partial charge on any atom is -0.480 e. The molecule has 1 aromatic carbocycles. The van der Waals surface area contributed by atoms with Crippen molar-refractivity contribution in [1.82, 2.24) is 9.47 Å². The second-order valence-electron chi connectivity index (χ2n) is 4.70. The van der Waals surface area contributed by atoms with Gasteiger partial charge in [-0.15, -0.1) is 0 Å².